The molecule has 1 fully saturated rings. The zero-order chi connectivity index (χ0) is 43.0. The highest BCUT2D eigenvalue weighted by Crippen LogP contribution is 2.22. The van der Waals surface area contributed by atoms with E-state index in [1.165, 1.54) is 70.6 Å². The fraction of sp³-hybridized carbons (Fsp3) is 0.714. The zero-order valence-corrected chi connectivity index (χ0v) is 36.7. The van der Waals surface area contributed by atoms with Crippen LogP contribution in [-0.2, 0) is 28.5 Å². The van der Waals surface area contributed by atoms with E-state index in [0.29, 0.717) is 12.8 Å². The Bertz CT molecular complexity index is 1190. The predicted octanol–water partition coefficient (Wildman–Crippen LogP) is 10.00. The maximum atomic E-state index is 12.7. The predicted molar refractivity (Wildman–Crippen MR) is 238 cm³/mol. The molecule has 6 atom stereocenters. The quantitative estimate of drug-likeness (QED) is 0.0271. The smallest absolute Gasteiger partial charge is 0.306 e. The van der Waals surface area contributed by atoms with Crippen LogP contribution in [-0.4, -0.2) is 89.0 Å². The lowest BCUT2D eigenvalue weighted by Crippen LogP contribution is -2.59. The Kier molecular flexibility index (Phi) is 36.1. The minimum absolute atomic E-state index is 0.102. The molecular weight excluding hydrogens is 749 g/mol. The summed E-state index contributed by atoms with van der Waals surface area (Å²) < 4.78 is 22.1. The average Bonchev–Trinajstić information content (AvgIpc) is 3.23. The van der Waals surface area contributed by atoms with Gasteiger partial charge >= 0.3 is 11.9 Å². The van der Waals surface area contributed by atoms with E-state index < -0.39 is 55.4 Å². The number of carbonyl (C=O) groups excluding carboxylic acids is 2. The molecule has 0 spiro atoms. The second-order valence-corrected chi connectivity index (χ2v) is 15.5. The van der Waals surface area contributed by atoms with Crippen molar-refractivity contribution in [1.29, 1.82) is 0 Å². The van der Waals surface area contributed by atoms with Crippen molar-refractivity contribution in [2.75, 3.05) is 19.8 Å². The van der Waals surface area contributed by atoms with Gasteiger partial charge in [-0.05, 0) is 77.0 Å². The summed E-state index contributed by atoms with van der Waals surface area (Å²) in [5.74, 6) is -0.917. The number of carbonyl (C=O) groups is 2. The van der Waals surface area contributed by atoms with Crippen molar-refractivity contribution in [3.05, 3.63) is 72.9 Å². The van der Waals surface area contributed by atoms with Crippen molar-refractivity contribution >= 4 is 11.9 Å². The molecule has 0 aromatic carbocycles. The lowest BCUT2D eigenvalue weighted by molar-refractivity contribution is -0.305. The number of allylic oxidation sites excluding steroid dienone is 12. The zero-order valence-electron chi connectivity index (χ0n) is 36.7. The van der Waals surface area contributed by atoms with Crippen LogP contribution in [0.3, 0.4) is 0 Å². The Morgan fingerprint density at radius 3 is 1.54 bits per heavy atom. The topological polar surface area (TPSA) is 152 Å². The molecule has 1 saturated heterocycles. The summed E-state index contributed by atoms with van der Waals surface area (Å²) in [7, 11) is 0. The third-order valence-corrected chi connectivity index (χ3v) is 10.1. The SMILES string of the molecule is CCCCC/C=C/C/C=C/C/C=C/C/C=C/C/C=C/CCC(=O)O[C@H](COC(=O)CCCCCCC/C=C/CCCCCCCC)CO[C@@H]1O[C@H](CO)[C@H](O)C(O)C1O. The van der Waals surface area contributed by atoms with Gasteiger partial charge in [-0.25, -0.2) is 0 Å². The Balaban J connectivity index is 2.40. The van der Waals surface area contributed by atoms with E-state index in [2.05, 4.69) is 74.6 Å². The molecule has 4 N–H and O–H groups in total. The van der Waals surface area contributed by atoms with Gasteiger partial charge in [0.05, 0.1) is 13.2 Å². The summed E-state index contributed by atoms with van der Waals surface area (Å²) in [5.41, 5.74) is 0. The maximum Gasteiger partial charge on any atom is 0.306 e. The van der Waals surface area contributed by atoms with Crippen LogP contribution in [0.1, 0.15) is 168 Å². The monoisotopic (exact) mass is 831 g/mol. The van der Waals surface area contributed by atoms with E-state index in [1.54, 1.807) is 0 Å². The van der Waals surface area contributed by atoms with Gasteiger partial charge < -0.3 is 39.4 Å². The molecule has 0 aromatic heterocycles. The molecule has 0 aromatic rings. The van der Waals surface area contributed by atoms with Gasteiger partial charge in [0.2, 0.25) is 0 Å². The first-order chi connectivity index (χ1) is 28.8. The molecule has 0 aliphatic carbocycles. The number of ether oxygens (including phenoxy) is 4. The molecule has 0 amide bonds. The lowest BCUT2D eigenvalue weighted by Gasteiger charge is -2.39. The average molecular weight is 831 g/mol. The molecule has 2 unspecified atom stereocenters. The van der Waals surface area contributed by atoms with Crippen molar-refractivity contribution in [1.82, 2.24) is 0 Å². The van der Waals surface area contributed by atoms with Gasteiger partial charge in [-0.15, -0.1) is 0 Å². The summed E-state index contributed by atoms with van der Waals surface area (Å²) in [4.78, 5) is 25.3. The van der Waals surface area contributed by atoms with E-state index >= 15 is 0 Å². The number of aliphatic hydroxyl groups excluding tert-OH is 4. The summed E-state index contributed by atoms with van der Waals surface area (Å²) in [5, 5.41) is 40.1. The molecule has 1 aliphatic rings. The molecule has 1 rings (SSSR count). The van der Waals surface area contributed by atoms with Gasteiger partial charge in [-0.2, -0.15) is 0 Å². The summed E-state index contributed by atoms with van der Waals surface area (Å²) in [6.45, 7) is 3.30. The van der Waals surface area contributed by atoms with E-state index in [4.69, 9.17) is 18.9 Å². The minimum Gasteiger partial charge on any atom is -0.462 e. The summed E-state index contributed by atoms with van der Waals surface area (Å²) >= 11 is 0. The van der Waals surface area contributed by atoms with Crippen molar-refractivity contribution in [2.24, 2.45) is 0 Å². The van der Waals surface area contributed by atoms with Crippen LogP contribution >= 0.6 is 0 Å². The standard InChI is InChI=1S/C49H82O10/c1-3-5-7-9-11-13-15-17-19-20-21-22-24-26-28-30-32-34-36-38-45(52)58-42(41-57-49-48(55)47(54)46(53)43(39-50)59-49)40-56-44(51)37-35-33-31-29-27-25-23-18-16-14-12-10-8-6-4-2/h11,13,17-19,21-23,26,28,32,34,42-43,46-50,53-55H,3-10,12,14-16,20,24-25,27,29-31,33,35-41H2,1-2H3/b13-11+,19-17+,22-21+,23-18+,28-26+,34-32+/t42-,43-,46+,47?,48?,49-/m1/s1. The molecule has 0 bridgehead atoms. The van der Waals surface area contributed by atoms with Crippen LogP contribution in [0, 0.1) is 0 Å². The number of rotatable bonds is 37. The van der Waals surface area contributed by atoms with Gasteiger partial charge in [-0.1, -0.05) is 151 Å². The Labute approximate surface area is 357 Å². The normalized spacial score (nSPS) is 20.7. The first-order valence-corrected chi connectivity index (χ1v) is 23.0. The van der Waals surface area contributed by atoms with Crippen LogP contribution in [0.15, 0.2) is 72.9 Å². The maximum absolute atomic E-state index is 12.7. The Hall–Kier alpha value is -2.86. The largest absolute Gasteiger partial charge is 0.462 e. The van der Waals surface area contributed by atoms with Crippen LogP contribution < -0.4 is 0 Å². The molecule has 0 saturated carbocycles. The molecule has 1 aliphatic heterocycles. The van der Waals surface area contributed by atoms with Crippen LogP contribution in [0.5, 0.6) is 0 Å². The number of hydrogen-bond acceptors (Lipinski definition) is 10. The summed E-state index contributed by atoms with van der Waals surface area (Å²) in [6, 6.07) is 0. The van der Waals surface area contributed by atoms with E-state index in [-0.39, 0.29) is 26.1 Å². The minimum atomic E-state index is -1.61. The molecule has 0 radical (unpaired) electrons. The Morgan fingerprint density at radius 1 is 0.525 bits per heavy atom. The number of hydrogen-bond donors (Lipinski definition) is 4. The number of esters is 2. The number of aliphatic hydroxyl groups is 4. The highest BCUT2D eigenvalue weighted by atomic mass is 16.7. The van der Waals surface area contributed by atoms with Crippen molar-refractivity contribution in [2.45, 2.75) is 205 Å². The molecule has 59 heavy (non-hydrogen) atoms. The van der Waals surface area contributed by atoms with Crippen molar-refractivity contribution in [3.8, 4) is 0 Å². The molecule has 1 heterocycles. The third kappa shape index (κ3) is 30.8. The van der Waals surface area contributed by atoms with Crippen LogP contribution in [0.2, 0.25) is 0 Å². The van der Waals surface area contributed by atoms with Gasteiger partial charge in [0, 0.05) is 12.8 Å². The van der Waals surface area contributed by atoms with Crippen LogP contribution in [0.25, 0.3) is 0 Å². The second kappa shape index (κ2) is 39.3. The Morgan fingerprint density at radius 2 is 0.983 bits per heavy atom. The lowest BCUT2D eigenvalue weighted by atomic mass is 9.99. The number of unbranched alkanes of at least 4 members (excludes halogenated alkanes) is 14. The first kappa shape index (κ1) is 54.2. The van der Waals surface area contributed by atoms with Gasteiger partial charge in [0.1, 0.15) is 31.0 Å². The molecule has 10 heteroatoms. The first-order valence-electron chi connectivity index (χ1n) is 23.0. The fourth-order valence-electron chi connectivity index (χ4n) is 6.40. The van der Waals surface area contributed by atoms with E-state index in [9.17, 15) is 30.0 Å². The van der Waals surface area contributed by atoms with E-state index in [0.717, 1.165) is 57.8 Å². The van der Waals surface area contributed by atoms with Crippen LogP contribution in [0.4, 0.5) is 0 Å². The van der Waals surface area contributed by atoms with Crippen molar-refractivity contribution < 1.29 is 49.0 Å². The molecular formula is C49H82O10. The van der Waals surface area contributed by atoms with Gasteiger partial charge in [-0.3, -0.25) is 9.59 Å². The second-order valence-electron chi connectivity index (χ2n) is 15.5. The highest BCUT2D eigenvalue weighted by Gasteiger charge is 2.44. The third-order valence-electron chi connectivity index (χ3n) is 10.1. The highest BCUT2D eigenvalue weighted by molar-refractivity contribution is 5.70. The van der Waals surface area contributed by atoms with E-state index in [1.807, 2.05) is 12.2 Å². The van der Waals surface area contributed by atoms with Gasteiger partial charge in [0.25, 0.3) is 0 Å². The van der Waals surface area contributed by atoms with Gasteiger partial charge in [0.15, 0.2) is 12.4 Å². The molecule has 10 nitrogen and oxygen atoms in total. The fourth-order valence-corrected chi connectivity index (χ4v) is 6.40. The summed E-state index contributed by atoms with van der Waals surface area (Å²) in [6.07, 6.45) is 42.0. The van der Waals surface area contributed by atoms with Crippen molar-refractivity contribution in [3.63, 3.8) is 0 Å². The molecule has 338 valence electrons.